The van der Waals surface area contributed by atoms with Gasteiger partial charge in [-0.1, -0.05) is 12.1 Å². The Hall–Kier alpha value is -1.82. The maximum atomic E-state index is 13.0. The highest BCUT2D eigenvalue weighted by Gasteiger charge is 2.11. The van der Waals surface area contributed by atoms with E-state index < -0.39 is 17.7 Å². The minimum atomic E-state index is -0.949. The zero-order valence-electron chi connectivity index (χ0n) is 9.14. The molecule has 0 amide bonds. The summed E-state index contributed by atoms with van der Waals surface area (Å²) < 4.78 is 27.0. The Bertz CT molecular complexity index is 527. The van der Waals surface area contributed by atoms with E-state index in [1.165, 1.54) is 16.9 Å². The zero-order chi connectivity index (χ0) is 12.4. The van der Waals surface area contributed by atoms with Crippen LogP contribution in [-0.4, -0.2) is 20.1 Å². The Kier molecular flexibility index (Phi) is 3.14. The predicted molar refractivity (Wildman–Crippen MR) is 56.5 cm³/mol. The zero-order valence-corrected chi connectivity index (χ0v) is 9.14. The molecule has 17 heavy (non-hydrogen) atoms. The third-order valence-electron chi connectivity index (χ3n) is 2.41. The fraction of sp³-hybridized carbons (Fsp3) is 0.273. The lowest BCUT2D eigenvalue weighted by Gasteiger charge is -2.01. The molecule has 1 N–H and O–H groups in total. The molecule has 2 aromatic rings. The highest BCUT2D eigenvalue weighted by Crippen LogP contribution is 2.16. The number of nitrogens with zero attached hydrogens (tertiary/aromatic N) is 3. The molecule has 0 aliphatic heterocycles. The van der Waals surface area contributed by atoms with Gasteiger partial charge < -0.3 is 5.11 Å². The van der Waals surface area contributed by atoms with Crippen molar-refractivity contribution in [1.29, 1.82) is 0 Å². The Morgan fingerprint density at radius 3 is 2.76 bits per heavy atom. The van der Waals surface area contributed by atoms with E-state index in [2.05, 4.69) is 10.3 Å². The summed E-state index contributed by atoms with van der Waals surface area (Å²) in [7, 11) is 0. The van der Waals surface area contributed by atoms with E-state index in [0.717, 1.165) is 12.1 Å². The van der Waals surface area contributed by atoms with E-state index in [4.69, 9.17) is 0 Å². The molecule has 1 aromatic heterocycles. The SMILES string of the molecule is CCC(O)c1cn(-c2ccc(F)c(F)c2)nn1. The molecule has 0 bridgehead atoms. The summed E-state index contributed by atoms with van der Waals surface area (Å²) in [4.78, 5) is 0. The maximum absolute atomic E-state index is 13.0. The smallest absolute Gasteiger partial charge is 0.160 e. The number of rotatable bonds is 3. The second-order valence-electron chi connectivity index (χ2n) is 3.61. The fourth-order valence-corrected chi connectivity index (χ4v) is 1.39. The van der Waals surface area contributed by atoms with Gasteiger partial charge in [0.25, 0.3) is 0 Å². The van der Waals surface area contributed by atoms with Crippen molar-refractivity contribution in [3.63, 3.8) is 0 Å². The van der Waals surface area contributed by atoms with Gasteiger partial charge in [0.2, 0.25) is 0 Å². The average molecular weight is 239 g/mol. The molecule has 0 fully saturated rings. The van der Waals surface area contributed by atoms with Crippen LogP contribution in [0.15, 0.2) is 24.4 Å². The van der Waals surface area contributed by atoms with Crippen molar-refractivity contribution in [1.82, 2.24) is 15.0 Å². The Labute approximate surface area is 96.5 Å². The van der Waals surface area contributed by atoms with Gasteiger partial charge >= 0.3 is 0 Å². The number of aliphatic hydroxyl groups is 1. The molecule has 0 saturated heterocycles. The first kappa shape index (κ1) is 11.7. The molecule has 0 radical (unpaired) electrons. The summed E-state index contributed by atoms with van der Waals surface area (Å²) in [6, 6.07) is 3.42. The van der Waals surface area contributed by atoms with Crippen molar-refractivity contribution >= 4 is 0 Å². The predicted octanol–water partition coefficient (Wildman–Crippen LogP) is 1.99. The first-order valence-corrected chi connectivity index (χ1v) is 5.17. The number of hydrogen-bond donors (Lipinski definition) is 1. The van der Waals surface area contributed by atoms with E-state index in [1.807, 2.05) is 0 Å². The molecular weight excluding hydrogens is 228 g/mol. The summed E-state index contributed by atoms with van der Waals surface area (Å²) in [5.74, 6) is -1.86. The fourth-order valence-electron chi connectivity index (χ4n) is 1.39. The topological polar surface area (TPSA) is 50.9 Å². The molecule has 1 heterocycles. The van der Waals surface area contributed by atoms with Crippen molar-refractivity contribution < 1.29 is 13.9 Å². The highest BCUT2D eigenvalue weighted by molar-refractivity contribution is 5.31. The molecule has 4 nitrogen and oxygen atoms in total. The molecule has 0 spiro atoms. The summed E-state index contributed by atoms with van der Waals surface area (Å²) in [6.07, 6.45) is 1.30. The third-order valence-corrected chi connectivity index (χ3v) is 2.41. The quantitative estimate of drug-likeness (QED) is 0.891. The molecular formula is C11H11F2N3O. The lowest BCUT2D eigenvalue weighted by atomic mass is 10.2. The van der Waals surface area contributed by atoms with Gasteiger partial charge in [-0.2, -0.15) is 0 Å². The molecule has 1 atom stereocenters. The van der Waals surface area contributed by atoms with Gasteiger partial charge in [0.15, 0.2) is 11.6 Å². The minimum absolute atomic E-state index is 0.353. The van der Waals surface area contributed by atoms with Crippen LogP contribution in [0.2, 0.25) is 0 Å². The molecule has 0 saturated carbocycles. The number of aliphatic hydroxyl groups excluding tert-OH is 1. The van der Waals surface area contributed by atoms with Crippen molar-refractivity contribution in [2.75, 3.05) is 0 Å². The van der Waals surface area contributed by atoms with Crippen LogP contribution in [0.1, 0.15) is 25.1 Å². The van der Waals surface area contributed by atoms with Crippen molar-refractivity contribution in [2.24, 2.45) is 0 Å². The summed E-state index contributed by atoms with van der Waals surface area (Å²) in [5.41, 5.74) is 0.753. The molecule has 90 valence electrons. The second-order valence-corrected chi connectivity index (χ2v) is 3.61. The Morgan fingerprint density at radius 1 is 1.35 bits per heavy atom. The van der Waals surface area contributed by atoms with Crippen LogP contribution in [0, 0.1) is 11.6 Å². The van der Waals surface area contributed by atoms with Gasteiger partial charge in [0.05, 0.1) is 18.0 Å². The molecule has 2 rings (SSSR count). The van der Waals surface area contributed by atoms with Crippen LogP contribution in [0.25, 0.3) is 5.69 Å². The average Bonchev–Trinajstić information content (AvgIpc) is 2.81. The normalized spacial score (nSPS) is 12.7. The molecule has 0 aliphatic rings. The largest absolute Gasteiger partial charge is 0.387 e. The van der Waals surface area contributed by atoms with Crippen LogP contribution >= 0.6 is 0 Å². The number of aromatic nitrogens is 3. The van der Waals surface area contributed by atoms with E-state index >= 15 is 0 Å². The molecule has 0 aliphatic carbocycles. The first-order valence-electron chi connectivity index (χ1n) is 5.17. The number of halogens is 2. The lowest BCUT2D eigenvalue weighted by Crippen LogP contribution is -1.97. The maximum Gasteiger partial charge on any atom is 0.160 e. The van der Waals surface area contributed by atoms with E-state index in [0.29, 0.717) is 17.8 Å². The van der Waals surface area contributed by atoms with Gasteiger partial charge in [-0.05, 0) is 18.6 Å². The van der Waals surface area contributed by atoms with Gasteiger partial charge in [0.1, 0.15) is 5.69 Å². The van der Waals surface area contributed by atoms with Gasteiger partial charge in [-0.15, -0.1) is 5.10 Å². The summed E-state index contributed by atoms with van der Waals surface area (Å²) in [6.45, 7) is 1.81. The number of benzene rings is 1. The van der Waals surface area contributed by atoms with Crippen LogP contribution in [0.3, 0.4) is 0 Å². The van der Waals surface area contributed by atoms with Crippen molar-refractivity contribution in [3.8, 4) is 5.69 Å². The number of hydrogen-bond acceptors (Lipinski definition) is 3. The van der Waals surface area contributed by atoms with Crippen LogP contribution in [-0.2, 0) is 0 Å². The highest BCUT2D eigenvalue weighted by atomic mass is 19.2. The molecule has 1 aromatic carbocycles. The van der Waals surface area contributed by atoms with E-state index in [1.54, 1.807) is 6.92 Å². The van der Waals surface area contributed by atoms with E-state index in [9.17, 15) is 13.9 Å². The summed E-state index contributed by atoms with van der Waals surface area (Å²) >= 11 is 0. The minimum Gasteiger partial charge on any atom is -0.387 e. The van der Waals surface area contributed by atoms with Crippen molar-refractivity contribution in [2.45, 2.75) is 19.4 Å². The standard InChI is InChI=1S/C11H11F2N3O/c1-2-11(17)10-6-16(15-14-10)7-3-4-8(12)9(13)5-7/h3-6,11,17H,2H2,1H3. The van der Waals surface area contributed by atoms with Gasteiger partial charge in [-0.3, -0.25) is 0 Å². The van der Waals surface area contributed by atoms with Gasteiger partial charge in [0, 0.05) is 6.07 Å². The van der Waals surface area contributed by atoms with Gasteiger partial charge in [-0.25, -0.2) is 13.5 Å². The third kappa shape index (κ3) is 2.31. The first-order chi connectivity index (χ1) is 8.11. The van der Waals surface area contributed by atoms with Crippen molar-refractivity contribution in [3.05, 3.63) is 41.7 Å². The van der Waals surface area contributed by atoms with Crippen LogP contribution < -0.4 is 0 Å². The van der Waals surface area contributed by atoms with Crippen LogP contribution in [0.4, 0.5) is 8.78 Å². The summed E-state index contributed by atoms with van der Waals surface area (Å²) in [5, 5.41) is 17.0. The molecule has 1 unspecified atom stereocenters. The Morgan fingerprint density at radius 2 is 2.12 bits per heavy atom. The monoisotopic (exact) mass is 239 g/mol. The lowest BCUT2D eigenvalue weighted by molar-refractivity contribution is 0.169. The van der Waals surface area contributed by atoms with E-state index in [-0.39, 0.29) is 0 Å². The Balaban J connectivity index is 2.33. The van der Waals surface area contributed by atoms with Crippen LogP contribution in [0.5, 0.6) is 0 Å². The second kappa shape index (κ2) is 4.58. The molecule has 6 heteroatoms.